The Morgan fingerprint density at radius 1 is 1.26 bits per heavy atom. The number of rotatable bonds is 2. The van der Waals surface area contributed by atoms with E-state index < -0.39 is 0 Å². The first kappa shape index (κ1) is 12.8. The molecule has 1 aromatic carbocycles. The molecule has 2 nitrogen and oxygen atoms in total. The SMILES string of the molecule is COc1cc(C)c2c(c1)C(c1cscc1N)=C(Br)C2. The molecule has 0 saturated carbocycles. The highest BCUT2D eigenvalue weighted by Crippen LogP contribution is 2.45. The third-order valence-electron chi connectivity index (χ3n) is 3.52. The Morgan fingerprint density at radius 3 is 2.68 bits per heavy atom. The predicted molar refractivity (Wildman–Crippen MR) is 85.1 cm³/mol. The summed E-state index contributed by atoms with van der Waals surface area (Å²) in [5, 5.41) is 4.09. The van der Waals surface area contributed by atoms with Crippen molar-refractivity contribution >= 4 is 38.5 Å². The van der Waals surface area contributed by atoms with Gasteiger partial charge in [0.2, 0.25) is 0 Å². The van der Waals surface area contributed by atoms with Gasteiger partial charge in [-0.25, -0.2) is 0 Å². The molecule has 2 N–H and O–H groups in total. The molecule has 1 aliphatic rings. The van der Waals surface area contributed by atoms with Crippen LogP contribution in [0.25, 0.3) is 5.57 Å². The molecule has 0 atom stereocenters. The Labute approximate surface area is 125 Å². The van der Waals surface area contributed by atoms with Gasteiger partial charge >= 0.3 is 0 Å². The second-order valence-electron chi connectivity index (χ2n) is 4.67. The second-order valence-corrected chi connectivity index (χ2v) is 6.37. The third kappa shape index (κ3) is 1.99. The number of fused-ring (bicyclic) bond motifs is 1. The number of aryl methyl sites for hydroxylation is 1. The van der Waals surface area contributed by atoms with E-state index in [1.807, 2.05) is 5.38 Å². The molecular weight excluding hydrogens is 322 g/mol. The summed E-state index contributed by atoms with van der Waals surface area (Å²) in [7, 11) is 1.70. The molecule has 4 heteroatoms. The van der Waals surface area contributed by atoms with E-state index in [0.717, 1.165) is 23.4 Å². The van der Waals surface area contributed by atoms with E-state index in [1.54, 1.807) is 18.4 Å². The minimum absolute atomic E-state index is 0.838. The largest absolute Gasteiger partial charge is 0.497 e. The van der Waals surface area contributed by atoms with Crippen LogP contribution in [0.1, 0.15) is 22.3 Å². The first-order valence-corrected chi connectivity index (χ1v) is 7.74. The van der Waals surface area contributed by atoms with E-state index in [0.29, 0.717) is 0 Å². The maximum atomic E-state index is 6.07. The Hall–Kier alpha value is -1.26. The predicted octanol–water partition coefficient (Wildman–Crippen LogP) is 4.36. The van der Waals surface area contributed by atoms with Crippen molar-refractivity contribution in [1.29, 1.82) is 0 Å². The summed E-state index contributed by atoms with van der Waals surface area (Å²) in [5.74, 6) is 0.893. The van der Waals surface area contributed by atoms with Crippen LogP contribution in [0.5, 0.6) is 5.75 Å². The van der Waals surface area contributed by atoms with Crippen LogP contribution in [0.3, 0.4) is 0 Å². The number of ether oxygens (including phenoxy) is 1. The molecule has 0 saturated heterocycles. The summed E-state index contributed by atoms with van der Waals surface area (Å²) < 4.78 is 6.58. The summed E-state index contributed by atoms with van der Waals surface area (Å²) in [6.07, 6.45) is 0.926. The molecule has 1 heterocycles. The van der Waals surface area contributed by atoms with Gasteiger partial charge in [-0.15, -0.1) is 11.3 Å². The van der Waals surface area contributed by atoms with Gasteiger partial charge in [0.15, 0.2) is 0 Å². The standard InChI is InChI=1S/C15H14BrNOS/c1-8-3-9(18-2)4-11-10(8)5-13(16)15(11)12-6-19-7-14(12)17/h3-4,6-7H,5,17H2,1-2H3. The maximum Gasteiger partial charge on any atom is 0.119 e. The number of anilines is 1. The number of hydrogen-bond acceptors (Lipinski definition) is 3. The van der Waals surface area contributed by atoms with Crippen LogP contribution in [-0.2, 0) is 6.42 Å². The number of allylic oxidation sites excluding steroid dienone is 1. The van der Waals surface area contributed by atoms with Crippen molar-refractivity contribution < 1.29 is 4.74 Å². The number of halogens is 1. The number of methoxy groups -OCH3 is 1. The summed E-state index contributed by atoms with van der Waals surface area (Å²) in [6, 6.07) is 4.18. The van der Waals surface area contributed by atoms with Crippen molar-refractivity contribution in [2.75, 3.05) is 12.8 Å². The van der Waals surface area contributed by atoms with E-state index in [4.69, 9.17) is 10.5 Å². The molecule has 0 radical (unpaired) electrons. The number of thiophene rings is 1. The number of benzene rings is 1. The van der Waals surface area contributed by atoms with Gasteiger partial charge in [-0.2, -0.15) is 0 Å². The zero-order valence-corrected chi connectivity index (χ0v) is 13.2. The Kier molecular flexibility index (Phi) is 3.15. The Morgan fingerprint density at radius 2 is 2.05 bits per heavy atom. The molecule has 2 aromatic rings. The minimum atomic E-state index is 0.838. The van der Waals surface area contributed by atoms with Crippen LogP contribution in [0.15, 0.2) is 27.4 Å². The maximum absolute atomic E-state index is 6.07. The lowest BCUT2D eigenvalue weighted by Crippen LogP contribution is -1.94. The van der Waals surface area contributed by atoms with E-state index in [9.17, 15) is 0 Å². The van der Waals surface area contributed by atoms with Crippen molar-refractivity contribution in [2.24, 2.45) is 0 Å². The van der Waals surface area contributed by atoms with Crippen LogP contribution in [0, 0.1) is 6.92 Å². The van der Waals surface area contributed by atoms with Crippen molar-refractivity contribution in [2.45, 2.75) is 13.3 Å². The number of nitrogen functional groups attached to an aromatic ring is 1. The molecule has 19 heavy (non-hydrogen) atoms. The fourth-order valence-electron chi connectivity index (χ4n) is 2.55. The van der Waals surface area contributed by atoms with Crippen molar-refractivity contribution in [3.63, 3.8) is 0 Å². The average molecular weight is 336 g/mol. The van der Waals surface area contributed by atoms with E-state index in [-0.39, 0.29) is 0 Å². The van der Waals surface area contributed by atoms with Gasteiger partial charge < -0.3 is 10.5 Å². The lowest BCUT2D eigenvalue weighted by molar-refractivity contribution is 0.414. The minimum Gasteiger partial charge on any atom is -0.497 e. The van der Waals surface area contributed by atoms with Crippen LogP contribution in [-0.4, -0.2) is 7.11 Å². The lowest BCUT2D eigenvalue weighted by Gasteiger charge is -2.10. The third-order valence-corrected chi connectivity index (χ3v) is 4.95. The fourth-order valence-corrected chi connectivity index (χ4v) is 3.99. The van der Waals surface area contributed by atoms with Crippen molar-refractivity contribution in [3.8, 4) is 5.75 Å². The van der Waals surface area contributed by atoms with E-state index in [2.05, 4.69) is 40.4 Å². The van der Waals surface area contributed by atoms with Gasteiger partial charge in [0.25, 0.3) is 0 Å². The van der Waals surface area contributed by atoms with Crippen LogP contribution >= 0.6 is 27.3 Å². The lowest BCUT2D eigenvalue weighted by atomic mass is 9.97. The molecule has 0 bridgehead atoms. The molecular formula is C15H14BrNOS. The fraction of sp³-hybridized carbons (Fsp3) is 0.200. The second kappa shape index (κ2) is 4.69. The Bertz CT molecular complexity index is 687. The highest BCUT2D eigenvalue weighted by atomic mass is 79.9. The van der Waals surface area contributed by atoms with Crippen molar-refractivity contribution in [3.05, 3.63) is 49.6 Å². The van der Waals surface area contributed by atoms with Gasteiger partial charge in [-0.05, 0) is 35.7 Å². The zero-order chi connectivity index (χ0) is 13.6. The summed E-state index contributed by atoms with van der Waals surface area (Å²) >= 11 is 5.34. The monoisotopic (exact) mass is 335 g/mol. The first-order chi connectivity index (χ1) is 9.11. The highest BCUT2D eigenvalue weighted by molar-refractivity contribution is 9.11. The van der Waals surface area contributed by atoms with Crippen molar-refractivity contribution in [1.82, 2.24) is 0 Å². The van der Waals surface area contributed by atoms with Gasteiger partial charge in [0.05, 0.1) is 12.8 Å². The molecule has 98 valence electrons. The van der Waals surface area contributed by atoms with Crippen LogP contribution in [0.2, 0.25) is 0 Å². The average Bonchev–Trinajstić information content (AvgIpc) is 2.92. The van der Waals surface area contributed by atoms with Gasteiger partial charge in [-0.3, -0.25) is 0 Å². The van der Waals surface area contributed by atoms with Crippen LogP contribution in [0.4, 0.5) is 5.69 Å². The quantitative estimate of drug-likeness (QED) is 0.884. The zero-order valence-electron chi connectivity index (χ0n) is 10.8. The molecule has 0 fully saturated rings. The van der Waals surface area contributed by atoms with Gasteiger partial charge in [-0.1, -0.05) is 15.9 Å². The topological polar surface area (TPSA) is 35.2 Å². The first-order valence-electron chi connectivity index (χ1n) is 6.00. The number of hydrogen-bond donors (Lipinski definition) is 1. The van der Waals surface area contributed by atoms with Crippen LogP contribution < -0.4 is 10.5 Å². The summed E-state index contributed by atoms with van der Waals surface area (Å²) in [6.45, 7) is 2.13. The molecule has 3 rings (SSSR count). The Balaban J connectivity index is 2.23. The molecule has 1 aromatic heterocycles. The molecule has 0 unspecified atom stereocenters. The van der Waals surface area contributed by atoms with Gasteiger partial charge in [0, 0.05) is 32.8 Å². The smallest absolute Gasteiger partial charge is 0.119 e. The normalized spacial score (nSPS) is 13.8. The van der Waals surface area contributed by atoms with E-state index >= 15 is 0 Å². The molecule has 0 amide bonds. The van der Waals surface area contributed by atoms with E-state index in [1.165, 1.54) is 26.7 Å². The summed E-state index contributed by atoms with van der Waals surface area (Å²) in [4.78, 5) is 0. The van der Waals surface area contributed by atoms with Gasteiger partial charge in [0.1, 0.15) is 5.75 Å². The highest BCUT2D eigenvalue weighted by Gasteiger charge is 2.25. The molecule has 0 spiro atoms. The summed E-state index contributed by atoms with van der Waals surface area (Å²) in [5.41, 5.74) is 13.1. The molecule has 0 aliphatic heterocycles. The number of nitrogens with two attached hydrogens (primary N) is 1. The molecule has 1 aliphatic carbocycles.